The number of nitrogens with one attached hydrogen (secondary N) is 1. The van der Waals surface area contributed by atoms with Crippen LogP contribution in [-0.4, -0.2) is 20.4 Å². The summed E-state index contributed by atoms with van der Waals surface area (Å²) < 4.78 is 36.7. The van der Waals surface area contributed by atoms with Crippen LogP contribution in [0, 0.1) is 5.82 Å². The highest BCUT2D eigenvalue weighted by Crippen LogP contribution is 2.23. The van der Waals surface area contributed by atoms with Crippen LogP contribution in [-0.2, 0) is 10.0 Å². The van der Waals surface area contributed by atoms with Gasteiger partial charge in [-0.1, -0.05) is 31.4 Å². The fourth-order valence-electron chi connectivity index (χ4n) is 1.82. The van der Waals surface area contributed by atoms with Crippen molar-refractivity contribution in [2.24, 2.45) is 5.14 Å². The molecule has 0 aliphatic rings. The lowest BCUT2D eigenvalue weighted by Crippen LogP contribution is -2.33. The SMILES string of the molecule is CCCCC(C)NC(=O)c1cc(Cl)cc(S(N)(=O)=O)c1F. The molecule has 0 heterocycles. The molecular formula is C13H18ClFN2O3S. The standard InChI is InChI=1S/C13H18ClFN2O3S/c1-3-4-5-8(2)17-13(18)10-6-9(14)7-11(12(10)15)21(16,19)20/h6-8H,3-5H2,1-2H3,(H,17,18)(H2,16,19,20). The van der Waals surface area contributed by atoms with Crippen molar-refractivity contribution in [3.8, 4) is 0 Å². The number of benzene rings is 1. The Bertz CT molecular complexity index is 635. The van der Waals surface area contributed by atoms with E-state index in [1.165, 1.54) is 0 Å². The van der Waals surface area contributed by atoms with Gasteiger partial charge in [-0.25, -0.2) is 17.9 Å². The van der Waals surface area contributed by atoms with Gasteiger partial charge < -0.3 is 5.32 Å². The van der Waals surface area contributed by atoms with Gasteiger partial charge in [-0.05, 0) is 25.5 Å². The fraction of sp³-hybridized carbons (Fsp3) is 0.462. The summed E-state index contributed by atoms with van der Waals surface area (Å²) in [6.07, 6.45) is 2.63. The summed E-state index contributed by atoms with van der Waals surface area (Å²) in [6, 6.07) is 1.80. The third-order valence-electron chi connectivity index (χ3n) is 2.92. The van der Waals surface area contributed by atoms with E-state index in [0.717, 1.165) is 31.4 Å². The van der Waals surface area contributed by atoms with Crippen molar-refractivity contribution >= 4 is 27.5 Å². The summed E-state index contributed by atoms with van der Waals surface area (Å²) in [6.45, 7) is 3.81. The number of carbonyl (C=O) groups is 1. The summed E-state index contributed by atoms with van der Waals surface area (Å²) in [5, 5.41) is 7.43. The molecule has 1 amide bonds. The second-order valence-electron chi connectivity index (χ2n) is 4.83. The van der Waals surface area contributed by atoms with E-state index in [-0.39, 0.29) is 11.1 Å². The second-order valence-corrected chi connectivity index (χ2v) is 6.79. The van der Waals surface area contributed by atoms with Gasteiger partial charge in [0.15, 0.2) is 5.82 Å². The molecule has 1 atom stereocenters. The van der Waals surface area contributed by atoms with Gasteiger partial charge in [0, 0.05) is 11.1 Å². The number of rotatable bonds is 6. The van der Waals surface area contributed by atoms with E-state index in [4.69, 9.17) is 16.7 Å². The first kappa shape index (κ1) is 17.9. The fourth-order valence-corrected chi connectivity index (χ4v) is 2.75. The van der Waals surface area contributed by atoms with Gasteiger partial charge in [-0.2, -0.15) is 0 Å². The number of hydrogen-bond donors (Lipinski definition) is 2. The number of carbonyl (C=O) groups excluding carboxylic acids is 1. The van der Waals surface area contributed by atoms with Crippen molar-refractivity contribution in [2.75, 3.05) is 0 Å². The Morgan fingerprint density at radius 2 is 2.10 bits per heavy atom. The summed E-state index contributed by atoms with van der Waals surface area (Å²) in [5.74, 6) is -1.91. The highest BCUT2D eigenvalue weighted by molar-refractivity contribution is 7.89. The zero-order chi connectivity index (χ0) is 16.2. The van der Waals surface area contributed by atoms with Crippen molar-refractivity contribution in [3.63, 3.8) is 0 Å². The van der Waals surface area contributed by atoms with E-state index in [1.54, 1.807) is 6.92 Å². The van der Waals surface area contributed by atoms with Crippen LogP contribution in [0.5, 0.6) is 0 Å². The second kappa shape index (κ2) is 7.20. The van der Waals surface area contributed by atoms with Crippen molar-refractivity contribution in [3.05, 3.63) is 28.5 Å². The molecule has 1 unspecified atom stereocenters. The summed E-state index contributed by atoms with van der Waals surface area (Å²) in [4.78, 5) is 11.2. The number of halogens is 2. The molecule has 0 saturated heterocycles. The highest BCUT2D eigenvalue weighted by Gasteiger charge is 2.23. The average molecular weight is 337 g/mol. The van der Waals surface area contributed by atoms with Crippen LogP contribution >= 0.6 is 11.6 Å². The maximum Gasteiger partial charge on any atom is 0.254 e. The number of unbranched alkanes of at least 4 members (excludes halogenated alkanes) is 1. The van der Waals surface area contributed by atoms with Gasteiger partial charge in [-0.3, -0.25) is 4.79 Å². The first-order chi connectivity index (χ1) is 9.66. The minimum absolute atomic E-state index is 0.0770. The smallest absolute Gasteiger partial charge is 0.254 e. The van der Waals surface area contributed by atoms with Crippen LogP contribution in [0.3, 0.4) is 0 Å². The molecule has 0 bridgehead atoms. The van der Waals surface area contributed by atoms with Crippen LogP contribution in [0.15, 0.2) is 17.0 Å². The molecule has 1 rings (SSSR count). The lowest BCUT2D eigenvalue weighted by atomic mass is 10.1. The summed E-state index contributed by atoms with van der Waals surface area (Å²) in [7, 11) is -4.29. The molecule has 0 spiro atoms. The molecule has 1 aromatic carbocycles. The van der Waals surface area contributed by atoms with E-state index in [0.29, 0.717) is 0 Å². The molecule has 5 nitrogen and oxygen atoms in total. The number of nitrogens with two attached hydrogens (primary N) is 1. The molecule has 0 aromatic heterocycles. The largest absolute Gasteiger partial charge is 0.349 e. The lowest BCUT2D eigenvalue weighted by molar-refractivity contribution is 0.0933. The van der Waals surface area contributed by atoms with Crippen LogP contribution in [0.1, 0.15) is 43.5 Å². The summed E-state index contributed by atoms with van der Waals surface area (Å²) >= 11 is 5.73. The molecular weight excluding hydrogens is 319 g/mol. The van der Waals surface area contributed by atoms with Gasteiger partial charge in [0.2, 0.25) is 10.0 Å². The number of amides is 1. The Morgan fingerprint density at radius 1 is 1.48 bits per heavy atom. The van der Waals surface area contributed by atoms with Crippen LogP contribution in [0.25, 0.3) is 0 Å². The first-order valence-electron chi connectivity index (χ1n) is 6.49. The quantitative estimate of drug-likeness (QED) is 0.836. The predicted molar refractivity (Wildman–Crippen MR) is 79.2 cm³/mol. The van der Waals surface area contributed by atoms with Crippen LogP contribution in [0.2, 0.25) is 5.02 Å². The zero-order valence-electron chi connectivity index (χ0n) is 11.8. The Hall–Kier alpha value is -1.18. The molecule has 0 aliphatic heterocycles. The van der Waals surface area contributed by atoms with Gasteiger partial charge in [-0.15, -0.1) is 0 Å². The van der Waals surface area contributed by atoms with Crippen molar-refractivity contribution in [1.82, 2.24) is 5.32 Å². The highest BCUT2D eigenvalue weighted by atomic mass is 35.5. The number of hydrogen-bond acceptors (Lipinski definition) is 3. The number of primary sulfonamides is 1. The van der Waals surface area contributed by atoms with Gasteiger partial charge in [0.05, 0.1) is 5.56 Å². The van der Waals surface area contributed by atoms with Crippen LogP contribution < -0.4 is 10.5 Å². The Labute approximate surface area is 128 Å². The van der Waals surface area contributed by atoms with E-state index >= 15 is 0 Å². The molecule has 0 fully saturated rings. The van der Waals surface area contributed by atoms with Gasteiger partial charge in [0.1, 0.15) is 4.90 Å². The van der Waals surface area contributed by atoms with E-state index in [2.05, 4.69) is 5.32 Å². The van der Waals surface area contributed by atoms with Crippen molar-refractivity contribution < 1.29 is 17.6 Å². The Balaban J connectivity index is 3.08. The monoisotopic (exact) mass is 336 g/mol. The maximum atomic E-state index is 14.1. The molecule has 1 aromatic rings. The van der Waals surface area contributed by atoms with Crippen molar-refractivity contribution in [1.29, 1.82) is 0 Å². The van der Waals surface area contributed by atoms with Gasteiger partial charge >= 0.3 is 0 Å². The minimum atomic E-state index is -4.29. The Kier molecular flexibility index (Phi) is 6.12. The van der Waals surface area contributed by atoms with E-state index in [9.17, 15) is 17.6 Å². The van der Waals surface area contributed by atoms with Crippen LogP contribution in [0.4, 0.5) is 4.39 Å². The predicted octanol–water partition coefficient (Wildman–Crippen LogP) is 2.44. The molecule has 8 heteroatoms. The van der Waals surface area contributed by atoms with Gasteiger partial charge in [0.25, 0.3) is 5.91 Å². The molecule has 118 valence electrons. The summed E-state index contributed by atoms with van der Waals surface area (Å²) in [5.41, 5.74) is -0.435. The zero-order valence-corrected chi connectivity index (χ0v) is 13.4. The third kappa shape index (κ3) is 4.94. The minimum Gasteiger partial charge on any atom is -0.349 e. The molecule has 0 saturated carbocycles. The number of sulfonamides is 1. The molecule has 21 heavy (non-hydrogen) atoms. The third-order valence-corrected chi connectivity index (χ3v) is 4.05. The molecule has 0 radical (unpaired) electrons. The van der Waals surface area contributed by atoms with E-state index < -0.39 is 32.2 Å². The topological polar surface area (TPSA) is 89.3 Å². The Morgan fingerprint density at radius 3 is 2.62 bits per heavy atom. The first-order valence-corrected chi connectivity index (χ1v) is 8.42. The molecule has 3 N–H and O–H groups in total. The average Bonchev–Trinajstić information content (AvgIpc) is 2.37. The molecule has 0 aliphatic carbocycles. The van der Waals surface area contributed by atoms with E-state index in [1.807, 2.05) is 6.92 Å². The van der Waals surface area contributed by atoms with Crippen molar-refractivity contribution in [2.45, 2.75) is 44.0 Å². The lowest BCUT2D eigenvalue weighted by Gasteiger charge is -2.14. The maximum absolute atomic E-state index is 14.1. The normalized spacial score (nSPS) is 13.0.